The molecular formula is C18H23ClF3N5. The quantitative estimate of drug-likeness (QED) is 0.648. The zero-order chi connectivity index (χ0) is 20.2. The van der Waals surface area contributed by atoms with Crippen molar-refractivity contribution >= 4 is 29.1 Å². The van der Waals surface area contributed by atoms with Crippen molar-refractivity contribution in [2.24, 2.45) is 0 Å². The fraction of sp³-hybridized carbons (Fsp3) is 0.444. The molecule has 0 radical (unpaired) electrons. The lowest BCUT2D eigenvalue weighted by atomic mass is 10.1. The SMILES string of the molecule is Cc1cc(Cl)cc(C)c1Nc1cc(C(F)(F)F)nc(NCCCN(C)C)n1. The van der Waals surface area contributed by atoms with Gasteiger partial charge in [-0.2, -0.15) is 18.2 Å². The number of aromatic nitrogens is 2. The van der Waals surface area contributed by atoms with Crippen molar-refractivity contribution < 1.29 is 13.2 Å². The van der Waals surface area contributed by atoms with Gasteiger partial charge in [0.2, 0.25) is 5.95 Å². The van der Waals surface area contributed by atoms with E-state index in [9.17, 15) is 13.2 Å². The first-order chi connectivity index (χ1) is 12.6. The molecule has 27 heavy (non-hydrogen) atoms. The first kappa shape index (κ1) is 21.2. The van der Waals surface area contributed by atoms with Gasteiger partial charge in [-0.05, 0) is 64.2 Å². The second kappa shape index (κ2) is 8.75. The van der Waals surface area contributed by atoms with Crippen LogP contribution in [0.2, 0.25) is 5.02 Å². The minimum Gasteiger partial charge on any atom is -0.354 e. The summed E-state index contributed by atoms with van der Waals surface area (Å²) in [4.78, 5) is 9.78. The second-order valence-corrected chi connectivity index (χ2v) is 7.02. The van der Waals surface area contributed by atoms with Crippen LogP contribution >= 0.6 is 11.6 Å². The molecular weight excluding hydrogens is 379 g/mol. The Labute approximate surface area is 162 Å². The maximum atomic E-state index is 13.2. The first-order valence-corrected chi connectivity index (χ1v) is 8.82. The molecule has 0 saturated heterocycles. The number of benzene rings is 1. The van der Waals surface area contributed by atoms with Gasteiger partial charge in [-0.15, -0.1) is 0 Å². The average Bonchev–Trinajstić information content (AvgIpc) is 2.54. The molecule has 1 aromatic carbocycles. The van der Waals surface area contributed by atoms with Gasteiger partial charge in [0.15, 0.2) is 5.69 Å². The molecule has 0 saturated carbocycles. The number of alkyl halides is 3. The number of hydrogen-bond acceptors (Lipinski definition) is 5. The monoisotopic (exact) mass is 401 g/mol. The third-order valence-corrected chi connectivity index (χ3v) is 4.05. The highest BCUT2D eigenvalue weighted by atomic mass is 35.5. The van der Waals surface area contributed by atoms with Crippen LogP contribution in [0.5, 0.6) is 0 Å². The molecule has 0 bridgehead atoms. The first-order valence-electron chi connectivity index (χ1n) is 8.45. The molecule has 148 valence electrons. The minimum atomic E-state index is -4.57. The number of aryl methyl sites for hydroxylation is 2. The Balaban J connectivity index is 2.28. The van der Waals surface area contributed by atoms with Gasteiger partial charge < -0.3 is 15.5 Å². The Morgan fingerprint density at radius 3 is 2.26 bits per heavy atom. The lowest BCUT2D eigenvalue weighted by Gasteiger charge is -2.16. The van der Waals surface area contributed by atoms with E-state index in [1.807, 2.05) is 32.8 Å². The van der Waals surface area contributed by atoms with Crippen LogP contribution in [0.15, 0.2) is 18.2 Å². The lowest BCUT2D eigenvalue weighted by molar-refractivity contribution is -0.141. The zero-order valence-electron chi connectivity index (χ0n) is 15.7. The normalized spacial score (nSPS) is 11.7. The molecule has 0 amide bonds. The summed E-state index contributed by atoms with van der Waals surface area (Å²) in [6.45, 7) is 4.93. The summed E-state index contributed by atoms with van der Waals surface area (Å²) in [6, 6.07) is 4.38. The Morgan fingerprint density at radius 2 is 1.70 bits per heavy atom. The van der Waals surface area contributed by atoms with Crippen LogP contribution in [-0.4, -0.2) is 42.1 Å². The number of nitrogens with zero attached hydrogens (tertiary/aromatic N) is 3. The van der Waals surface area contributed by atoms with E-state index >= 15 is 0 Å². The maximum Gasteiger partial charge on any atom is 0.433 e. The van der Waals surface area contributed by atoms with Crippen LogP contribution < -0.4 is 10.6 Å². The van der Waals surface area contributed by atoms with Gasteiger partial charge >= 0.3 is 6.18 Å². The third kappa shape index (κ3) is 6.25. The maximum absolute atomic E-state index is 13.2. The molecule has 2 rings (SSSR count). The number of halogens is 4. The fourth-order valence-corrected chi connectivity index (χ4v) is 2.89. The van der Waals surface area contributed by atoms with Crippen LogP contribution in [-0.2, 0) is 6.18 Å². The van der Waals surface area contributed by atoms with Gasteiger partial charge in [0, 0.05) is 23.3 Å². The van der Waals surface area contributed by atoms with E-state index in [-0.39, 0.29) is 11.8 Å². The summed E-state index contributed by atoms with van der Waals surface area (Å²) in [5.74, 6) is 0.0105. The predicted molar refractivity (Wildman–Crippen MR) is 103 cm³/mol. The van der Waals surface area contributed by atoms with E-state index < -0.39 is 11.9 Å². The van der Waals surface area contributed by atoms with Gasteiger partial charge in [0.05, 0.1) is 0 Å². The fourth-order valence-electron chi connectivity index (χ4n) is 2.57. The Kier molecular flexibility index (Phi) is 6.89. The highest BCUT2D eigenvalue weighted by molar-refractivity contribution is 6.30. The summed E-state index contributed by atoms with van der Waals surface area (Å²) < 4.78 is 39.7. The van der Waals surface area contributed by atoms with E-state index in [1.54, 1.807) is 12.1 Å². The predicted octanol–water partition coefficient (Wildman–Crippen LogP) is 4.87. The molecule has 0 aliphatic carbocycles. The van der Waals surface area contributed by atoms with Crippen molar-refractivity contribution in [3.63, 3.8) is 0 Å². The molecule has 0 unspecified atom stereocenters. The van der Waals surface area contributed by atoms with Crippen molar-refractivity contribution in [3.8, 4) is 0 Å². The van der Waals surface area contributed by atoms with Crippen LogP contribution in [0.4, 0.5) is 30.6 Å². The molecule has 2 N–H and O–H groups in total. The van der Waals surface area contributed by atoms with E-state index in [2.05, 4.69) is 20.6 Å². The van der Waals surface area contributed by atoms with Gasteiger partial charge in [-0.3, -0.25) is 0 Å². The largest absolute Gasteiger partial charge is 0.433 e. The average molecular weight is 402 g/mol. The van der Waals surface area contributed by atoms with Crippen LogP contribution in [0, 0.1) is 13.8 Å². The van der Waals surface area contributed by atoms with Crippen molar-refractivity contribution in [1.29, 1.82) is 0 Å². The van der Waals surface area contributed by atoms with Crippen LogP contribution in [0.25, 0.3) is 0 Å². The molecule has 1 heterocycles. The van der Waals surface area contributed by atoms with Gasteiger partial charge in [0.1, 0.15) is 5.82 Å². The summed E-state index contributed by atoms with van der Waals surface area (Å²) in [6.07, 6.45) is -3.81. The topological polar surface area (TPSA) is 53.1 Å². The number of hydrogen-bond donors (Lipinski definition) is 2. The van der Waals surface area contributed by atoms with Gasteiger partial charge in [-0.25, -0.2) is 4.98 Å². The van der Waals surface area contributed by atoms with Crippen molar-refractivity contribution in [1.82, 2.24) is 14.9 Å². The molecule has 2 aromatic rings. The summed E-state index contributed by atoms with van der Waals surface area (Å²) in [7, 11) is 3.86. The van der Waals surface area contributed by atoms with Crippen molar-refractivity contribution in [2.75, 3.05) is 37.8 Å². The van der Waals surface area contributed by atoms with Crippen molar-refractivity contribution in [3.05, 3.63) is 40.0 Å². The third-order valence-electron chi connectivity index (χ3n) is 3.83. The minimum absolute atomic E-state index is 0.0599. The van der Waals surface area contributed by atoms with E-state index in [4.69, 9.17) is 11.6 Å². The molecule has 1 aromatic heterocycles. The van der Waals surface area contributed by atoms with Gasteiger partial charge in [-0.1, -0.05) is 11.6 Å². The van der Waals surface area contributed by atoms with E-state index in [0.717, 1.165) is 30.2 Å². The van der Waals surface area contributed by atoms with E-state index in [1.165, 1.54) is 0 Å². The highest BCUT2D eigenvalue weighted by Crippen LogP contribution is 2.32. The molecule has 0 atom stereocenters. The number of rotatable bonds is 7. The summed E-state index contributed by atoms with van der Waals surface area (Å²) >= 11 is 6.01. The number of anilines is 3. The van der Waals surface area contributed by atoms with Crippen LogP contribution in [0.1, 0.15) is 23.2 Å². The van der Waals surface area contributed by atoms with Crippen LogP contribution in [0.3, 0.4) is 0 Å². The molecule has 0 spiro atoms. The second-order valence-electron chi connectivity index (χ2n) is 6.58. The molecule has 5 nitrogen and oxygen atoms in total. The molecule has 0 fully saturated rings. The standard InChI is InChI=1S/C18H23ClF3N5/c1-11-8-13(19)9-12(2)16(11)25-15-10-14(18(20,21)22)24-17(26-15)23-6-5-7-27(3)4/h8-10H,5-7H2,1-4H3,(H2,23,24,25,26). The number of nitrogens with one attached hydrogen (secondary N) is 2. The van der Waals surface area contributed by atoms with Crippen molar-refractivity contribution in [2.45, 2.75) is 26.4 Å². The Bertz CT molecular complexity index is 770. The zero-order valence-corrected chi connectivity index (χ0v) is 16.5. The Morgan fingerprint density at radius 1 is 1.07 bits per heavy atom. The molecule has 0 aliphatic rings. The smallest absolute Gasteiger partial charge is 0.354 e. The summed E-state index contributed by atoms with van der Waals surface area (Å²) in [5, 5.41) is 6.41. The highest BCUT2D eigenvalue weighted by Gasteiger charge is 2.33. The van der Waals surface area contributed by atoms with Gasteiger partial charge in [0.25, 0.3) is 0 Å². The molecule has 0 aliphatic heterocycles. The Hall–Kier alpha value is -2.06. The summed E-state index contributed by atoms with van der Waals surface area (Å²) in [5.41, 5.74) is 1.30. The molecule has 9 heteroatoms. The lowest BCUT2D eigenvalue weighted by Crippen LogP contribution is -2.18. The van der Waals surface area contributed by atoms with E-state index in [0.29, 0.717) is 17.3 Å².